The van der Waals surface area contributed by atoms with Gasteiger partial charge in [-0.25, -0.2) is 9.50 Å². The van der Waals surface area contributed by atoms with E-state index < -0.39 is 0 Å². The van der Waals surface area contributed by atoms with Crippen LogP contribution in [0.1, 0.15) is 72.3 Å². The van der Waals surface area contributed by atoms with Crippen LogP contribution in [0.2, 0.25) is 0 Å². The monoisotopic (exact) mass is 423 g/mol. The van der Waals surface area contributed by atoms with Gasteiger partial charge in [0.25, 0.3) is 11.7 Å². The molecule has 0 bridgehead atoms. The normalized spacial score (nSPS) is 15.7. The van der Waals surface area contributed by atoms with E-state index in [1.165, 1.54) is 43.9 Å². The molecular weight excluding hydrogens is 394 g/mol. The predicted molar refractivity (Wildman–Crippen MR) is 120 cm³/mol. The van der Waals surface area contributed by atoms with Crippen molar-refractivity contribution in [2.24, 2.45) is 0 Å². The van der Waals surface area contributed by atoms with Gasteiger partial charge in [0, 0.05) is 28.7 Å². The smallest absolute Gasteiger partial charge is 0.253 e. The molecule has 1 N–H and O–H groups in total. The van der Waals surface area contributed by atoms with Crippen molar-refractivity contribution in [2.75, 3.05) is 0 Å². The van der Waals surface area contributed by atoms with Crippen molar-refractivity contribution in [3.63, 3.8) is 0 Å². The summed E-state index contributed by atoms with van der Waals surface area (Å²) in [7, 11) is 0. The highest BCUT2D eigenvalue weighted by Crippen LogP contribution is 2.23. The summed E-state index contributed by atoms with van der Waals surface area (Å²) in [4.78, 5) is 22.0. The van der Waals surface area contributed by atoms with E-state index in [0.29, 0.717) is 16.7 Å². The fourth-order valence-electron chi connectivity index (χ4n) is 4.08. The van der Waals surface area contributed by atoms with Gasteiger partial charge < -0.3 is 5.32 Å². The third-order valence-corrected chi connectivity index (χ3v) is 6.54. The zero-order chi connectivity index (χ0) is 20.9. The van der Waals surface area contributed by atoms with Crippen molar-refractivity contribution in [3.05, 3.63) is 52.8 Å². The summed E-state index contributed by atoms with van der Waals surface area (Å²) in [6.45, 7) is 3.96. The van der Waals surface area contributed by atoms with Crippen LogP contribution in [-0.4, -0.2) is 31.5 Å². The molecule has 1 aliphatic rings. The first-order valence-electron chi connectivity index (χ1n) is 10.8. The highest BCUT2D eigenvalue weighted by atomic mass is 32.2. The Kier molecular flexibility index (Phi) is 6.67. The van der Waals surface area contributed by atoms with E-state index in [9.17, 15) is 4.79 Å². The quantitative estimate of drug-likeness (QED) is 0.593. The second-order valence-electron chi connectivity index (χ2n) is 8.11. The minimum Gasteiger partial charge on any atom is -0.349 e. The second-order valence-corrected chi connectivity index (χ2v) is 9.05. The molecule has 1 amide bonds. The van der Waals surface area contributed by atoms with Crippen LogP contribution in [0.3, 0.4) is 0 Å². The first-order chi connectivity index (χ1) is 14.6. The summed E-state index contributed by atoms with van der Waals surface area (Å²) in [5.41, 5.74) is 3.70. The Morgan fingerprint density at radius 3 is 2.63 bits per heavy atom. The van der Waals surface area contributed by atoms with Crippen molar-refractivity contribution >= 4 is 23.4 Å². The van der Waals surface area contributed by atoms with Gasteiger partial charge in [0.15, 0.2) is 0 Å². The van der Waals surface area contributed by atoms with E-state index in [0.717, 1.165) is 35.4 Å². The zero-order valence-electron chi connectivity index (χ0n) is 17.7. The van der Waals surface area contributed by atoms with E-state index in [2.05, 4.69) is 20.4 Å². The highest BCUT2D eigenvalue weighted by molar-refractivity contribution is 7.98. The van der Waals surface area contributed by atoms with Crippen LogP contribution >= 0.6 is 11.8 Å². The fourth-order valence-corrected chi connectivity index (χ4v) is 4.90. The maximum Gasteiger partial charge on any atom is 0.253 e. The molecule has 1 aromatic carbocycles. The van der Waals surface area contributed by atoms with Gasteiger partial charge in [-0.15, -0.1) is 5.10 Å². The number of amides is 1. The summed E-state index contributed by atoms with van der Waals surface area (Å²) >= 11 is 1.53. The van der Waals surface area contributed by atoms with Crippen LogP contribution in [0, 0.1) is 13.8 Å². The van der Waals surface area contributed by atoms with Gasteiger partial charge in [-0.05, 0) is 44.4 Å². The number of thioether (sulfide) groups is 1. The van der Waals surface area contributed by atoms with Gasteiger partial charge in [0.2, 0.25) is 5.16 Å². The molecule has 0 aliphatic heterocycles. The Morgan fingerprint density at radius 1 is 1.10 bits per heavy atom. The number of fused-ring (bicyclic) bond motifs is 1. The molecule has 1 aliphatic carbocycles. The van der Waals surface area contributed by atoms with Crippen LogP contribution in [0.5, 0.6) is 0 Å². The predicted octanol–water partition coefficient (Wildman–Crippen LogP) is 4.88. The number of aryl methyl sites for hydroxylation is 2. The van der Waals surface area contributed by atoms with Crippen molar-refractivity contribution < 1.29 is 4.79 Å². The Morgan fingerprint density at radius 2 is 1.83 bits per heavy atom. The number of aromatic nitrogens is 4. The van der Waals surface area contributed by atoms with E-state index in [4.69, 9.17) is 0 Å². The molecule has 1 saturated carbocycles. The lowest BCUT2D eigenvalue weighted by molar-refractivity contribution is 0.0929. The maximum atomic E-state index is 13.0. The molecule has 1 fully saturated rings. The van der Waals surface area contributed by atoms with Crippen molar-refractivity contribution in [1.29, 1.82) is 0 Å². The Hall–Kier alpha value is -2.41. The second kappa shape index (κ2) is 9.60. The number of nitrogens with one attached hydrogen (secondary N) is 1. The summed E-state index contributed by atoms with van der Waals surface area (Å²) in [5, 5.41) is 8.52. The summed E-state index contributed by atoms with van der Waals surface area (Å²) < 4.78 is 1.77. The van der Waals surface area contributed by atoms with Crippen molar-refractivity contribution in [1.82, 2.24) is 24.9 Å². The zero-order valence-corrected chi connectivity index (χ0v) is 18.5. The molecule has 4 rings (SSSR count). The van der Waals surface area contributed by atoms with E-state index in [1.54, 1.807) is 4.52 Å². The molecule has 30 heavy (non-hydrogen) atoms. The number of hydrogen-bond donors (Lipinski definition) is 1. The van der Waals surface area contributed by atoms with E-state index in [-0.39, 0.29) is 11.9 Å². The van der Waals surface area contributed by atoms with Gasteiger partial charge in [-0.2, -0.15) is 4.98 Å². The van der Waals surface area contributed by atoms with E-state index >= 15 is 0 Å². The molecule has 158 valence electrons. The van der Waals surface area contributed by atoms with Gasteiger partial charge in [-0.3, -0.25) is 4.79 Å². The minimum absolute atomic E-state index is 0.0351. The topological polar surface area (TPSA) is 72.2 Å². The molecule has 0 unspecified atom stereocenters. The Labute approximate surface area is 181 Å². The standard InChI is InChI=1S/C23H29N5OS/c1-16-14-17(2)28-22(24-16)26-23(27-28)30-15-18-10-8-9-13-20(18)21(29)25-19-11-6-4-3-5-7-12-19/h8-10,13-14,19H,3-7,11-12,15H2,1-2H3,(H,25,29). The molecule has 0 radical (unpaired) electrons. The minimum atomic E-state index is 0.0351. The number of carbonyl (C=O) groups is 1. The van der Waals surface area contributed by atoms with Crippen LogP contribution < -0.4 is 5.32 Å². The van der Waals surface area contributed by atoms with Crippen LogP contribution in [0.15, 0.2) is 35.5 Å². The third kappa shape index (κ3) is 5.01. The Balaban J connectivity index is 1.45. The van der Waals surface area contributed by atoms with Gasteiger partial charge >= 0.3 is 0 Å². The SMILES string of the molecule is Cc1cc(C)n2nc(SCc3ccccc3C(=O)NC3CCCCCCC3)nc2n1. The average molecular weight is 424 g/mol. The van der Waals surface area contributed by atoms with Crippen LogP contribution in [0.4, 0.5) is 0 Å². The summed E-state index contributed by atoms with van der Waals surface area (Å²) in [6.07, 6.45) is 8.45. The van der Waals surface area contributed by atoms with Crippen molar-refractivity contribution in [3.8, 4) is 0 Å². The third-order valence-electron chi connectivity index (χ3n) is 5.66. The van der Waals surface area contributed by atoms with Gasteiger partial charge in [-0.1, -0.05) is 62.1 Å². The fraction of sp³-hybridized carbons (Fsp3) is 0.478. The number of rotatable bonds is 5. The largest absolute Gasteiger partial charge is 0.349 e. The van der Waals surface area contributed by atoms with Gasteiger partial charge in [0.05, 0.1) is 0 Å². The molecule has 0 atom stereocenters. The first kappa shape index (κ1) is 20.8. The lowest BCUT2D eigenvalue weighted by Crippen LogP contribution is -2.35. The summed E-state index contributed by atoms with van der Waals surface area (Å²) in [5.74, 6) is 1.29. The molecule has 2 aromatic heterocycles. The average Bonchev–Trinajstić information content (AvgIpc) is 3.12. The molecule has 7 heteroatoms. The Bertz CT molecular complexity index is 1020. The lowest BCUT2D eigenvalue weighted by atomic mass is 9.96. The molecule has 2 heterocycles. The number of nitrogens with zero attached hydrogens (tertiary/aromatic N) is 4. The maximum absolute atomic E-state index is 13.0. The molecule has 0 saturated heterocycles. The highest BCUT2D eigenvalue weighted by Gasteiger charge is 2.18. The lowest BCUT2D eigenvalue weighted by Gasteiger charge is -2.21. The number of benzene rings is 1. The van der Waals surface area contributed by atoms with Crippen molar-refractivity contribution in [2.45, 2.75) is 75.7 Å². The molecule has 3 aromatic rings. The number of hydrogen-bond acceptors (Lipinski definition) is 5. The molecular formula is C23H29N5OS. The molecule has 6 nitrogen and oxygen atoms in total. The van der Waals surface area contributed by atoms with Crippen LogP contribution in [-0.2, 0) is 5.75 Å². The van der Waals surface area contributed by atoms with Crippen LogP contribution in [0.25, 0.3) is 5.78 Å². The molecule has 0 spiro atoms. The number of carbonyl (C=O) groups excluding carboxylic acids is 1. The van der Waals surface area contributed by atoms with E-state index in [1.807, 2.05) is 44.2 Å². The van der Waals surface area contributed by atoms with Gasteiger partial charge in [0.1, 0.15) is 0 Å². The first-order valence-corrected chi connectivity index (χ1v) is 11.8. The summed E-state index contributed by atoms with van der Waals surface area (Å²) in [6, 6.07) is 10.1.